The highest BCUT2D eigenvalue weighted by molar-refractivity contribution is 5.81. The number of amides is 1. The van der Waals surface area contributed by atoms with Crippen LogP contribution in [0.25, 0.3) is 11.3 Å². The third-order valence-corrected chi connectivity index (χ3v) is 3.67. The average Bonchev–Trinajstić information content (AvgIpc) is 3.00. The van der Waals surface area contributed by atoms with Crippen molar-refractivity contribution in [3.8, 4) is 11.3 Å². The van der Waals surface area contributed by atoms with E-state index in [1.54, 1.807) is 12.1 Å². The predicted molar refractivity (Wildman–Crippen MR) is 73.2 cm³/mol. The van der Waals surface area contributed by atoms with Gasteiger partial charge in [0.05, 0.1) is 6.54 Å². The Hall–Kier alpha value is -2.10. The molecule has 3 nitrogen and oxygen atoms in total. The molecule has 1 aromatic heterocycles. The summed E-state index contributed by atoms with van der Waals surface area (Å²) in [7, 11) is 0. The van der Waals surface area contributed by atoms with E-state index in [4.69, 9.17) is 4.42 Å². The minimum absolute atomic E-state index is 0.0947. The second-order valence-electron chi connectivity index (χ2n) is 5.31. The molecule has 0 radical (unpaired) electrons. The van der Waals surface area contributed by atoms with Crippen LogP contribution in [0.4, 0.5) is 4.39 Å². The van der Waals surface area contributed by atoms with E-state index in [0.29, 0.717) is 24.0 Å². The van der Waals surface area contributed by atoms with Gasteiger partial charge in [-0.25, -0.2) is 4.39 Å². The topological polar surface area (TPSA) is 42.2 Å². The highest BCUT2D eigenvalue weighted by atomic mass is 19.1. The molecule has 4 heteroatoms. The van der Waals surface area contributed by atoms with Gasteiger partial charge in [-0.15, -0.1) is 0 Å². The van der Waals surface area contributed by atoms with Crippen molar-refractivity contribution in [2.45, 2.75) is 19.9 Å². The molecule has 1 aliphatic rings. The molecule has 2 aromatic rings. The van der Waals surface area contributed by atoms with Crippen LogP contribution in [-0.4, -0.2) is 5.91 Å². The van der Waals surface area contributed by atoms with Crippen molar-refractivity contribution < 1.29 is 13.6 Å². The largest absolute Gasteiger partial charge is 0.459 e. The van der Waals surface area contributed by atoms with Crippen molar-refractivity contribution in [2.24, 2.45) is 11.8 Å². The van der Waals surface area contributed by atoms with Gasteiger partial charge in [0.25, 0.3) is 0 Å². The monoisotopic (exact) mass is 273 g/mol. The standard InChI is InChI=1S/C16H16FNO2/c1-10-8-14(10)16(19)18-9-13-6-7-15(20-13)11-2-4-12(17)5-3-11/h2-7,10,14H,8-9H2,1H3,(H,18,19). The quantitative estimate of drug-likeness (QED) is 0.928. The van der Waals surface area contributed by atoms with Gasteiger partial charge < -0.3 is 9.73 Å². The lowest BCUT2D eigenvalue weighted by Gasteiger charge is -2.02. The minimum atomic E-state index is -0.272. The Morgan fingerprint density at radius 3 is 2.65 bits per heavy atom. The Labute approximate surface area is 116 Å². The highest BCUT2D eigenvalue weighted by Crippen LogP contribution is 2.37. The van der Waals surface area contributed by atoms with E-state index in [9.17, 15) is 9.18 Å². The molecule has 0 bridgehead atoms. The molecular formula is C16H16FNO2. The molecule has 1 heterocycles. The number of hydrogen-bond acceptors (Lipinski definition) is 2. The van der Waals surface area contributed by atoms with E-state index in [-0.39, 0.29) is 17.6 Å². The molecule has 1 aromatic carbocycles. The summed E-state index contributed by atoms with van der Waals surface area (Å²) in [5.74, 6) is 1.87. The minimum Gasteiger partial charge on any atom is -0.459 e. The summed E-state index contributed by atoms with van der Waals surface area (Å²) in [6.45, 7) is 2.47. The van der Waals surface area contributed by atoms with Gasteiger partial charge in [0, 0.05) is 11.5 Å². The lowest BCUT2D eigenvalue weighted by atomic mass is 10.2. The molecule has 104 valence electrons. The zero-order chi connectivity index (χ0) is 14.1. The molecule has 1 aliphatic carbocycles. The Morgan fingerprint density at radius 1 is 1.30 bits per heavy atom. The smallest absolute Gasteiger partial charge is 0.223 e. The normalized spacial score (nSPS) is 20.7. The van der Waals surface area contributed by atoms with Crippen LogP contribution in [0.2, 0.25) is 0 Å². The Morgan fingerprint density at radius 2 is 2.00 bits per heavy atom. The molecule has 1 N–H and O–H groups in total. The summed E-state index contributed by atoms with van der Waals surface area (Å²) in [5, 5.41) is 2.87. The summed E-state index contributed by atoms with van der Waals surface area (Å²) in [5.41, 5.74) is 0.819. The van der Waals surface area contributed by atoms with Crippen molar-refractivity contribution >= 4 is 5.91 Å². The first-order chi connectivity index (χ1) is 9.63. The van der Waals surface area contributed by atoms with Gasteiger partial charge in [0.15, 0.2) is 0 Å². The van der Waals surface area contributed by atoms with Crippen molar-refractivity contribution in [2.75, 3.05) is 0 Å². The molecular weight excluding hydrogens is 257 g/mol. The lowest BCUT2D eigenvalue weighted by Crippen LogP contribution is -2.24. The summed E-state index contributed by atoms with van der Waals surface area (Å²) in [6, 6.07) is 9.79. The fourth-order valence-electron chi connectivity index (χ4n) is 2.23. The number of benzene rings is 1. The maximum Gasteiger partial charge on any atom is 0.223 e. The molecule has 0 spiro atoms. The van der Waals surface area contributed by atoms with E-state index in [1.165, 1.54) is 12.1 Å². The second-order valence-corrected chi connectivity index (χ2v) is 5.31. The van der Waals surface area contributed by atoms with E-state index >= 15 is 0 Å². The van der Waals surface area contributed by atoms with Gasteiger partial charge in [0.1, 0.15) is 17.3 Å². The van der Waals surface area contributed by atoms with Crippen LogP contribution in [0.15, 0.2) is 40.8 Å². The Bertz CT molecular complexity index is 618. The maximum atomic E-state index is 12.9. The van der Waals surface area contributed by atoms with Crippen LogP contribution >= 0.6 is 0 Å². The number of carbonyl (C=O) groups is 1. The molecule has 0 saturated heterocycles. The fraction of sp³-hybridized carbons (Fsp3) is 0.312. The summed E-state index contributed by atoms with van der Waals surface area (Å²) in [4.78, 5) is 11.7. The zero-order valence-electron chi connectivity index (χ0n) is 11.2. The number of carbonyl (C=O) groups excluding carboxylic acids is 1. The van der Waals surface area contributed by atoms with Gasteiger partial charge in [0.2, 0.25) is 5.91 Å². The number of nitrogens with one attached hydrogen (secondary N) is 1. The third kappa shape index (κ3) is 2.74. The fourth-order valence-corrected chi connectivity index (χ4v) is 2.23. The summed E-state index contributed by atoms with van der Waals surface area (Å²) >= 11 is 0. The summed E-state index contributed by atoms with van der Waals surface area (Å²) in [6.07, 6.45) is 0.977. The first-order valence-electron chi connectivity index (χ1n) is 6.76. The van der Waals surface area contributed by atoms with Crippen LogP contribution in [0.1, 0.15) is 19.1 Å². The first kappa shape index (κ1) is 12.9. The first-order valence-corrected chi connectivity index (χ1v) is 6.76. The van der Waals surface area contributed by atoms with E-state index in [1.807, 2.05) is 12.1 Å². The second kappa shape index (κ2) is 5.12. The lowest BCUT2D eigenvalue weighted by molar-refractivity contribution is -0.122. The third-order valence-electron chi connectivity index (χ3n) is 3.67. The van der Waals surface area contributed by atoms with Crippen LogP contribution in [0.3, 0.4) is 0 Å². The van der Waals surface area contributed by atoms with Crippen molar-refractivity contribution in [3.63, 3.8) is 0 Å². The predicted octanol–water partition coefficient (Wildman–Crippen LogP) is 3.36. The molecule has 0 aliphatic heterocycles. The van der Waals surface area contributed by atoms with E-state index in [0.717, 1.165) is 12.0 Å². The SMILES string of the molecule is CC1CC1C(=O)NCc1ccc(-c2ccc(F)cc2)o1. The molecule has 2 unspecified atom stereocenters. The molecule has 20 heavy (non-hydrogen) atoms. The Balaban J connectivity index is 1.62. The molecule has 1 fully saturated rings. The van der Waals surface area contributed by atoms with Crippen LogP contribution in [-0.2, 0) is 11.3 Å². The molecule has 1 saturated carbocycles. The number of rotatable bonds is 4. The number of furan rings is 1. The van der Waals surface area contributed by atoms with Crippen molar-refractivity contribution in [1.29, 1.82) is 0 Å². The van der Waals surface area contributed by atoms with Crippen LogP contribution < -0.4 is 5.32 Å². The van der Waals surface area contributed by atoms with Gasteiger partial charge in [-0.05, 0) is 48.7 Å². The number of halogens is 1. The molecule has 2 atom stereocenters. The number of hydrogen-bond donors (Lipinski definition) is 1. The summed E-state index contributed by atoms with van der Waals surface area (Å²) < 4.78 is 18.5. The van der Waals surface area contributed by atoms with Gasteiger partial charge in [-0.1, -0.05) is 6.92 Å². The maximum absolute atomic E-state index is 12.9. The Kier molecular flexibility index (Phi) is 3.30. The van der Waals surface area contributed by atoms with Crippen LogP contribution in [0, 0.1) is 17.7 Å². The van der Waals surface area contributed by atoms with Gasteiger partial charge in [-0.2, -0.15) is 0 Å². The van der Waals surface area contributed by atoms with E-state index in [2.05, 4.69) is 12.2 Å². The van der Waals surface area contributed by atoms with Crippen molar-refractivity contribution in [1.82, 2.24) is 5.32 Å². The van der Waals surface area contributed by atoms with Gasteiger partial charge >= 0.3 is 0 Å². The molecule has 3 rings (SSSR count). The zero-order valence-corrected chi connectivity index (χ0v) is 11.2. The van der Waals surface area contributed by atoms with Gasteiger partial charge in [-0.3, -0.25) is 4.79 Å². The van der Waals surface area contributed by atoms with Crippen molar-refractivity contribution in [3.05, 3.63) is 48.0 Å². The molecule has 1 amide bonds. The average molecular weight is 273 g/mol. The highest BCUT2D eigenvalue weighted by Gasteiger charge is 2.38. The van der Waals surface area contributed by atoms with E-state index < -0.39 is 0 Å². The van der Waals surface area contributed by atoms with Crippen LogP contribution in [0.5, 0.6) is 0 Å².